The highest BCUT2D eigenvalue weighted by Crippen LogP contribution is 2.36. The Morgan fingerprint density at radius 3 is 2.67 bits per heavy atom. The summed E-state index contributed by atoms with van der Waals surface area (Å²) in [4.78, 5) is 20.3. The van der Waals surface area contributed by atoms with E-state index in [0.29, 0.717) is 11.3 Å². The number of rotatable bonds is 4. The van der Waals surface area contributed by atoms with Crippen LogP contribution >= 0.6 is 11.8 Å². The molecule has 3 N–H and O–H groups in total. The zero-order valence-electron chi connectivity index (χ0n) is 11.2. The van der Waals surface area contributed by atoms with Gasteiger partial charge in [-0.15, -0.1) is 11.8 Å². The predicted octanol–water partition coefficient (Wildman–Crippen LogP) is 2.22. The highest BCUT2D eigenvalue weighted by atomic mass is 32.2. The maximum absolute atomic E-state index is 11.7. The Labute approximate surface area is 126 Å². The van der Waals surface area contributed by atoms with Crippen LogP contribution in [-0.2, 0) is 5.66 Å². The van der Waals surface area contributed by atoms with Crippen LogP contribution in [0.4, 0.5) is 5.69 Å². The van der Waals surface area contributed by atoms with Crippen molar-refractivity contribution >= 4 is 28.9 Å². The quantitative estimate of drug-likeness (QED) is 0.907. The van der Waals surface area contributed by atoms with Crippen LogP contribution in [0.1, 0.15) is 15.9 Å². The number of primary amides is 1. The van der Waals surface area contributed by atoms with Crippen molar-refractivity contribution in [1.82, 2.24) is 4.98 Å². The number of aromatic nitrogens is 1. The lowest BCUT2D eigenvalue weighted by molar-refractivity contribution is 0.0998. The van der Waals surface area contributed by atoms with Gasteiger partial charge < -0.3 is 11.1 Å². The van der Waals surface area contributed by atoms with Crippen molar-refractivity contribution in [2.75, 3.05) is 11.1 Å². The molecule has 3 rings (SSSR count). The van der Waals surface area contributed by atoms with E-state index >= 15 is 0 Å². The van der Waals surface area contributed by atoms with Gasteiger partial charge in [0.15, 0.2) is 5.66 Å². The van der Waals surface area contributed by atoms with Gasteiger partial charge in [0, 0.05) is 35.0 Å². The number of pyridine rings is 1. The van der Waals surface area contributed by atoms with Crippen molar-refractivity contribution < 1.29 is 4.79 Å². The summed E-state index contributed by atoms with van der Waals surface area (Å²) in [6.07, 6.45) is 3.42. The van der Waals surface area contributed by atoms with E-state index in [9.17, 15) is 4.79 Å². The average molecular weight is 298 g/mol. The van der Waals surface area contributed by atoms with E-state index in [1.165, 1.54) is 0 Å². The SMILES string of the molecule is NC(=O)c1ccccc1C1(Nc2ccncc2)CSC=N1. The van der Waals surface area contributed by atoms with Gasteiger partial charge in [0.1, 0.15) is 0 Å². The standard InChI is InChI=1S/C15H14N4OS/c16-14(20)12-3-1-2-4-13(12)15(9-21-10-18-15)19-11-5-7-17-8-6-11/h1-8,10H,9H2,(H2,16,20)(H,17,19). The molecule has 1 atom stereocenters. The first-order valence-corrected chi connectivity index (χ1v) is 7.49. The lowest BCUT2D eigenvalue weighted by Gasteiger charge is -2.30. The van der Waals surface area contributed by atoms with Gasteiger partial charge in [-0.1, -0.05) is 18.2 Å². The second-order valence-corrected chi connectivity index (χ2v) is 5.51. The Bertz CT molecular complexity index is 689. The van der Waals surface area contributed by atoms with Crippen LogP contribution in [0, 0.1) is 0 Å². The van der Waals surface area contributed by atoms with E-state index in [1.807, 2.05) is 24.3 Å². The molecule has 1 aliphatic rings. The van der Waals surface area contributed by atoms with Gasteiger partial charge in [0.2, 0.25) is 5.91 Å². The van der Waals surface area contributed by atoms with Gasteiger partial charge in [-0.2, -0.15) is 0 Å². The van der Waals surface area contributed by atoms with E-state index in [1.54, 1.807) is 41.8 Å². The fraction of sp³-hybridized carbons (Fsp3) is 0.133. The third-order valence-corrected chi connectivity index (χ3v) is 4.15. The molecule has 6 heteroatoms. The molecule has 5 nitrogen and oxygen atoms in total. The van der Waals surface area contributed by atoms with E-state index in [2.05, 4.69) is 15.3 Å². The number of nitrogens with zero attached hydrogens (tertiary/aromatic N) is 2. The lowest BCUT2D eigenvalue weighted by atomic mass is 9.95. The Kier molecular flexibility index (Phi) is 3.62. The van der Waals surface area contributed by atoms with Crippen LogP contribution in [-0.4, -0.2) is 22.2 Å². The molecule has 2 heterocycles. The van der Waals surface area contributed by atoms with Crippen molar-refractivity contribution in [2.45, 2.75) is 5.66 Å². The number of aliphatic imine (C=N–C) groups is 1. The molecule has 1 aliphatic heterocycles. The molecule has 1 aromatic carbocycles. The topological polar surface area (TPSA) is 80.4 Å². The first kappa shape index (κ1) is 13.6. The third-order valence-electron chi connectivity index (χ3n) is 3.31. The summed E-state index contributed by atoms with van der Waals surface area (Å²) in [7, 11) is 0. The third kappa shape index (κ3) is 2.62. The van der Waals surface area contributed by atoms with Crippen LogP contribution in [0.5, 0.6) is 0 Å². The fourth-order valence-corrected chi connectivity index (χ4v) is 3.21. The number of carbonyl (C=O) groups is 1. The lowest BCUT2D eigenvalue weighted by Crippen LogP contribution is -2.36. The van der Waals surface area contributed by atoms with Crippen LogP contribution in [0.2, 0.25) is 0 Å². The summed E-state index contributed by atoms with van der Waals surface area (Å²) in [6.45, 7) is 0. The Hall–Kier alpha value is -2.34. The summed E-state index contributed by atoms with van der Waals surface area (Å²) in [5.41, 5.74) is 8.78. The molecule has 0 fully saturated rings. The van der Waals surface area contributed by atoms with Gasteiger partial charge in [0.05, 0.1) is 5.55 Å². The van der Waals surface area contributed by atoms with Gasteiger partial charge in [-0.3, -0.25) is 14.8 Å². The van der Waals surface area contributed by atoms with Crippen LogP contribution in [0.25, 0.3) is 0 Å². The molecule has 0 saturated carbocycles. The minimum atomic E-state index is -0.683. The highest BCUT2D eigenvalue weighted by Gasteiger charge is 2.37. The number of carbonyl (C=O) groups excluding carboxylic acids is 1. The average Bonchev–Trinajstić information content (AvgIpc) is 2.98. The second kappa shape index (κ2) is 5.57. The Morgan fingerprint density at radius 2 is 2.00 bits per heavy atom. The zero-order chi connectivity index (χ0) is 14.7. The van der Waals surface area contributed by atoms with Crippen LogP contribution in [0.15, 0.2) is 53.8 Å². The smallest absolute Gasteiger partial charge is 0.249 e. The molecule has 21 heavy (non-hydrogen) atoms. The Balaban J connectivity index is 2.06. The number of hydrogen-bond donors (Lipinski definition) is 2. The Morgan fingerprint density at radius 1 is 1.24 bits per heavy atom. The van der Waals surface area contributed by atoms with Crippen molar-refractivity contribution in [3.63, 3.8) is 0 Å². The van der Waals surface area contributed by atoms with E-state index in [4.69, 9.17) is 5.73 Å². The largest absolute Gasteiger partial charge is 0.366 e. The molecule has 1 amide bonds. The van der Waals surface area contributed by atoms with Gasteiger partial charge >= 0.3 is 0 Å². The number of nitrogens with two attached hydrogens (primary N) is 1. The van der Waals surface area contributed by atoms with Crippen molar-refractivity contribution in [3.8, 4) is 0 Å². The van der Waals surface area contributed by atoms with E-state index < -0.39 is 11.6 Å². The molecule has 0 radical (unpaired) electrons. The first-order valence-electron chi connectivity index (χ1n) is 6.44. The monoisotopic (exact) mass is 298 g/mol. The first-order chi connectivity index (χ1) is 10.2. The number of benzene rings is 1. The van der Waals surface area contributed by atoms with Crippen molar-refractivity contribution in [2.24, 2.45) is 10.7 Å². The molecule has 106 valence electrons. The number of hydrogen-bond acceptors (Lipinski definition) is 5. The van der Waals surface area contributed by atoms with E-state index in [-0.39, 0.29) is 0 Å². The second-order valence-electron chi connectivity index (χ2n) is 4.68. The van der Waals surface area contributed by atoms with Crippen LogP contribution < -0.4 is 11.1 Å². The van der Waals surface area contributed by atoms with Gasteiger partial charge in [0.25, 0.3) is 0 Å². The maximum Gasteiger partial charge on any atom is 0.249 e. The number of anilines is 1. The summed E-state index contributed by atoms with van der Waals surface area (Å²) in [5.74, 6) is 0.244. The molecular formula is C15H14N4OS. The van der Waals surface area contributed by atoms with Crippen LogP contribution in [0.3, 0.4) is 0 Å². The normalized spacial score (nSPS) is 20.4. The molecule has 2 aromatic rings. The van der Waals surface area contributed by atoms with Crippen molar-refractivity contribution in [3.05, 3.63) is 59.9 Å². The fourth-order valence-electron chi connectivity index (χ4n) is 2.34. The van der Waals surface area contributed by atoms with Gasteiger partial charge in [-0.05, 0) is 18.2 Å². The molecule has 0 spiro atoms. The summed E-state index contributed by atoms with van der Waals surface area (Å²) in [6, 6.07) is 11.0. The predicted molar refractivity (Wildman–Crippen MR) is 85.4 cm³/mol. The molecular weight excluding hydrogens is 284 g/mol. The number of amides is 1. The minimum absolute atomic E-state index is 0.450. The summed E-state index contributed by atoms with van der Waals surface area (Å²) < 4.78 is 0. The minimum Gasteiger partial charge on any atom is -0.366 e. The van der Waals surface area contributed by atoms with Crippen molar-refractivity contribution in [1.29, 1.82) is 0 Å². The molecule has 0 aliphatic carbocycles. The zero-order valence-corrected chi connectivity index (χ0v) is 12.0. The molecule has 0 saturated heterocycles. The van der Waals surface area contributed by atoms with E-state index in [0.717, 1.165) is 11.3 Å². The highest BCUT2D eigenvalue weighted by molar-refractivity contribution is 8.12. The molecule has 1 aromatic heterocycles. The maximum atomic E-state index is 11.7. The molecule has 1 unspecified atom stereocenters. The summed E-state index contributed by atoms with van der Waals surface area (Å²) in [5, 5.41) is 3.40. The van der Waals surface area contributed by atoms with Gasteiger partial charge in [-0.25, -0.2) is 0 Å². The number of thioether (sulfide) groups is 1. The molecule has 0 bridgehead atoms. The number of nitrogens with one attached hydrogen (secondary N) is 1. The summed E-state index contributed by atoms with van der Waals surface area (Å²) >= 11 is 1.59.